The normalized spacial score (nSPS) is 15.6. The van der Waals surface area contributed by atoms with Gasteiger partial charge in [0.15, 0.2) is 6.20 Å². The summed E-state index contributed by atoms with van der Waals surface area (Å²) in [7, 11) is 0. The number of aromatic nitrogens is 1. The average Bonchev–Trinajstić information content (AvgIpc) is 2.55. The Morgan fingerprint density at radius 3 is 2.55 bits per heavy atom. The molecule has 0 amide bonds. The second-order valence-electron chi connectivity index (χ2n) is 5.82. The van der Waals surface area contributed by atoms with Crippen LogP contribution in [0.15, 0.2) is 42.6 Å². The average molecular weight is 297 g/mol. The lowest BCUT2D eigenvalue weighted by Gasteiger charge is -2.24. The smallest absolute Gasteiger partial charge is 0.342 e. The van der Waals surface area contributed by atoms with Crippen molar-refractivity contribution in [2.24, 2.45) is 0 Å². The van der Waals surface area contributed by atoms with Gasteiger partial charge in [0.1, 0.15) is 5.56 Å². The molecular formula is C18H19NO3. The summed E-state index contributed by atoms with van der Waals surface area (Å²) >= 11 is 0. The van der Waals surface area contributed by atoms with E-state index in [4.69, 9.17) is 0 Å². The molecule has 0 spiro atoms. The molecule has 4 nitrogen and oxygen atoms in total. The summed E-state index contributed by atoms with van der Waals surface area (Å²) in [5.74, 6) is -0.662. The standard InChI is InChI=1S/C18H19NO3/c20-18(21)16-11-6-12-19(22)17(16)15-10-5-4-9-14(15)13-7-2-1-3-8-13/h4-6,9-13H,1-3,7-8H2,(H,20,21). The van der Waals surface area contributed by atoms with Crippen molar-refractivity contribution >= 4 is 5.97 Å². The van der Waals surface area contributed by atoms with Crippen molar-refractivity contribution in [2.45, 2.75) is 38.0 Å². The molecule has 3 rings (SSSR count). The molecule has 1 fully saturated rings. The molecule has 0 aliphatic heterocycles. The van der Waals surface area contributed by atoms with Crippen LogP contribution in [0.4, 0.5) is 0 Å². The van der Waals surface area contributed by atoms with Crippen LogP contribution in [0.2, 0.25) is 0 Å². The SMILES string of the molecule is O=C(O)c1ccc[n+]([O-])c1-c1ccccc1C1CCCCC1. The summed E-state index contributed by atoms with van der Waals surface area (Å²) in [5.41, 5.74) is 2.15. The van der Waals surface area contributed by atoms with E-state index in [2.05, 4.69) is 0 Å². The maximum Gasteiger partial charge on any atom is 0.342 e. The Morgan fingerprint density at radius 2 is 1.82 bits per heavy atom. The first-order chi connectivity index (χ1) is 10.7. The number of nitrogens with zero attached hydrogens (tertiary/aromatic N) is 1. The number of carboxylic acids is 1. The van der Waals surface area contributed by atoms with Gasteiger partial charge in [0, 0.05) is 6.07 Å². The van der Waals surface area contributed by atoms with Gasteiger partial charge in [-0.3, -0.25) is 0 Å². The molecule has 1 saturated carbocycles. The topological polar surface area (TPSA) is 64.2 Å². The summed E-state index contributed by atoms with van der Waals surface area (Å²) in [6, 6.07) is 10.7. The first-order valence-electron chi connectivity index (χ1n) is 7.73. The minimum Gasteiger partial charge on any atom is -0.618 e. The van der Waals surface area contributed by atoms with E-state index in [1.165, 1.54) is 37.6 Å². The highest BCUT2D eigenvalue weighted by Gasteiger charge is 2.26. The Morgan fingerprint density at radius 1 is 1.09 bits per heavy atom. The molecule has 1 aromatic heterocycles. The van der Waals surface area contributed by atoms with E-state index in [0.29, 0.717) is 10.6 Å². The molecule has 0 unspecified atom stereocenters. The first kappa shape index (κ1) is 14.6. The predicted octanol–water partition coefficient (Wildman–Crippen LogP) is 3.73. The third-order valence-corrected chi connectivity index (χ3v) is 4.45. The molecule has 0 bridgehead atoms. The molecule has 0 atom stereocenters. The number of carbonyl (C=O) groups is 1. The van der Waals surface area contributed by atoms with Crippen molar-refractivity contribution in [3.8, 4) is 11.3 Å². The fourth-order valence-corrected chi connectivity index (χ4v) is 3.41. The van der Waals surface area contributed by atoms with Crippen molar-refractivity contribution in [1.29, 1.82) is 0 Å². The van der Waals surface area contributed by atoms with Crippen LogP contribution in [0.1, 0.15) is 53.9 Å². The lowest BCUT2D eigenvalue weighted by Crippen LogP contribution is -2.31. The van der Waals surface area contributed by atoms with E-state index in [1.54, 1.807) is 0 Å². The fraction of sp³-hybridized carbons (Fsp3) is 0.333. The second-order valence-corrected chi connectivity index (χ2v) is 5.82. The van der Waals surface area contributed by atoms with Crippen molar-refractivity contribution in [1.82, 2.24) is 0 Å². The van der Waals surface area contributed by atoms with Gasteiger partial charge in [-0.05, 0) is 36.5 Å². The zero-order valence-corrected chi connectivity index (χ0v) is 12.4. The van der Waals surface area contributed by atoms with E-state index in [0.717, 1.165) is 24.0 Å². The van der Waals surface area contributed by atoms with Crippen molar-refractivity contribution in [3.63, 3.8) is 0 Å². The lowest BCUT2D eigenvalue weighted by molar-refractivity contribution is -0.593. The molecule has 114 valence electrons. The van der Waals surface area contributed by atoms with E-state index in [9.17, 15) is 15.1 Å². The van der Waals surface area contributed by atoms with E-state index >= 15 is 0 Å². The highest BCUT2D eigenvalue weighted by atomic mass is 16.5. The summed E-state index contributed by atoms with van der Waals surface area (Å²) < 4.78 is 0.672. The van der Waals surface area contributed by atoms with Gasteiger partial charge in [-0.1, -0.05) is 37.5 Å². The monoisotopic (exact) mass is 297 g/mol. The minimum absolute atomic E-state index is 0.0563. The third-order valence-electron chi connectivity index (χ3n) is 4.45. The summed E-state index contributed by atoms with van der Waals surface area (Å²) in [5, 5.41) is 21.6. The molecule has 1 heterocycles. The summed E-state index contributed by atoms with van der Waals surface area (Å²) in [6.45, 7) is 0. The second kappa shape index (κ2) is 6.18. The van der Waals surface area contributed by atoms with Gasteiger partial charge in [-0.25, -0.2) is 4.79 Å². The Bertz CT molecular complexity index is 690. The van der Waals surface area contributed by atoms with Gasteiger partial charge in [-0.15, -0.1) is 0 Å². The lowest BCUT2D eigenvalue weighted by atomic mass is 9.81. The zero-order valence-electron chi connectivity index (χ0n) is 12.4. The first-order valence-corrected chi connectivity index (χ1v) is 7.73. The summed E-state index contributed by atoms with van der Waals surface area (Å²) in [6.07, 6.45) is 7.20. The molecule has 1 aromatic carbocycles. The largest absolute Gasteiger partial charge is 0.618 e. The van der Waals surface area contributed by atoms with Crippen molar-refractivity contribution in [2.75, 3.05) is 0 Å². The molecule has 1 N–H and O–H groups in total. The van der Waals surface area contributed by atoms with Crippen LogP contribution in [-0.2, 0) is 0 Å². The van der Waals surface area contributed by atoms with Gasteiger partial charge in [-0.2, -0.15) is 4.73 Å². The van der Waals surface area contributed by atoms with Gasteiger partial charge >= 0.3 is 5.97 Å². The number of pyridine rings is 1. The maximum absolute atomic E-state index is 12.2. The van der Waals surface area contributed by atoms with Crippen LogP contribution in [-0.4, -0.2) is 11.1 Å². The van der Waals surface area contributed by atoms with Crippen molar-refractivity contribution < 1.29 is 14.6 Å². The van der Waals surface area contributed by atoms with Crippen LogP contribution >= 0.6 is 0 Å². The van der Waals surface area contributed by atoms with Crippen LogP contribution < -0.4 is 4.73 Å². The highest BCUT2D eigenvalue weighted by Crippen LogP contribution is 2.37. The van der Waals surface area contributed by atoms with Crippen molar-refractivity contribution in [3.05, 3.63) is 58.9 Å². The number of hydrogen-bond donors (Lipinski definition) is 1. The van der Waals surface area contributed by atoms with Crippen LogP contribution in [0.25, 0.3) is 11.3 Å². The van der Waals surface area contributed by atoms with Gasteiger partial charge < -0.3 is 10.3 Å². The number of benzene rings is 1. The minimum atomic E-state index is -1.07. The number of hydrogen-bond acceptors (Lipinski definition) is 2. The molecule has 4 heteroatoms. The number of aromatic carboxylic acids is 1. The molecule has 0 saturated heterocycles. The van der Waals surface area contributed by atoms with E-state index in [-0.39, 0.29) is 11.3 Å². The van der Waals surface area contributed by atoms with Gasteiger partial charge in [0.05, 0.1) is 5.56 Å². The van der Waals surface area contributed by atoms with E-state index in [1.807, 2.05) is 24.3 Å². The van der Waals surface area contributed by atoms with Gasteiger partial charge in [0.25, 0.3) is 0 Å². The Hall–Kier alpha value is -2.36. The van der Waals surface area contributed by atoms with Crippen LogP contribution in [0, 0.1) is 5.21 Å². The number of rotatable bonds is 3. The third kappa shape index (κ3) is 2.69. The Balaban J connectivity index is 2.15. The highest BCUT2D eigenvalue weighted by molar-refractivity contribution is 5.94. The van der Waals surface area contributed by atoms with E-state index < -0.39 is 5.97 Å². The molecule has 22 heavy (non-hydrogen) atoms. The fourth-order valence-electron chi connectivity index (χ4n) is 3.41. The molecular weight excluding hydrogens is 278 g/mol. The number of carboxylic acid groups (broad SMARTS) is 1. The molecule has 1 aliphatic carbocycles. The quantitative estimate of drug-likeness (QED) is 0.693. The van der Waals surface area contributed by atoms with Crippen LogP contribution in [0.5, 0.6) is 0 Å². The molecule has 0 radical (unpaired) electrons. The Labute approximate surface area is 129 Å². The van der Waals surface area contributed by atoms with Gasteiger partial charge in [0.2, 0.25) is 5.69 Å². The summed E-state index contributed by atoms with van der Waals surface area (Å²) in [4.78, 5) is 11.5. The molecule has 2 aromatic rings. The zero-order chi connectivity index (χ0) is 15.5. The maximum atomic E-state index is 12.2. The molecule has 1 aliphatic rings. The predicted molar refractivity (Wildman–Crippen MR) is 83.6 cm³/mol. The Kier molecular flexibility index (Phi) is 4.09. The van der Waals surface area contributed by atoms with Crippen LogP contribution in [0.3, 0.4) is 0 Å².